The third-order valence-electron chi connectivity index (χ3n) is 0.769. The molecule has 0 unspecified atom stereocenters. The van der Waals surface area contributed by atoms with Gasteiger partial charge in [-0.25, -0.2) is 4.79 Å². The second-order valence-electron chi connectivity index (χ2n) is 1.57. The highest BCUT2D eigenvalue weighted by molar-refractivity contribution is 8.02. The van der Waals surface area contributed by atoms with E-state index in [2.05, 4.69) is 18.1 Å². The summed E-state index contributed by atoms with van der Waals surface area (Å²) in [6, 6.07) is 0. The monoisotopic (exact) mass is 158 g/mol. The van der Waals surface area contributed by atoms with Gasteiger partial charge in [-0.2, -0.15) is 0 Å². The molecule has 0 saturated heterocycles. The summed E-state index contributed by atoms with van der Waals surface area (Å²) in [6.07, 6.45) is 4.31. The average Bonchev–Trinajstić information content (AvgIpc) is 2.43. The maximum Gasteiger partial charge on any atom is 0.327 e. The Hall–Kier alpha value is -0.700. The first-order valence-electron chi connectivity index (χ1n) is 2.89. The molecule has 1 heterocycles. The van der Waals surface area contributed by atoms with E-state index in [0.29, 0.717) is 0 Å². The summed E-state index contributed by atoms with van der Waals surface area (Å²) < 4.78 is 0. The summed E-state index contributed by atoms with van der Waals surface area (Å²) in [5.74, 6) is 0.324. The molecule has 0 aromatic heterocycles. The van der Waals surface area contributed by atoms with Crippen molar-refractivity contribution in [2.45, 2.75) is 6.42 Å². The lowest BCUT2D eigenvalue weighted by molar-refractivity contribution is -0.131. The van der Waals surface area contributed by atoms with Gasteiger partial charge in [0, 0.05) is 11.8 Å². The summed E-state index contributed by atoms with van der Waals surface area (Å²) >= 11 is 1.89. The van der Waals surface area contributed by atoms with Crippen molar-refractivity contribution in [1.29, 1.82) is 0 Å². The summed E-state index contributed by atoms with van der Waals surface area (Å²) in [5, 5.41) is 9.76. The van der Waals surface area contributed by atoms with Gasteiger partial charge in [-0.1, -0.05) is 12.7 Å². The van der Waals surface area contributed by atoms with Gasteiger partial charge in [-0.15, -0.1) is 11.8 Å². The number of allylic oxidation sites excluding steroid dienone is 1. The van der Waals surface area contributed by atoms with E-state index in [9.17, 15) is 4.79 Å². The number of carboxylic acids is 1. The van der Waals surface area contributed by atoms with Crippen molar-refractivity contribution >= 4 is 17.7 Å². The second kappa shape index (κ2) is 6.42. The summed E-state index contributed by atoms with van der Waals surface area (Å²) in [6.45, 7) is 2.96. The normalized spacial score (nSPS) is 13.6. The van der Waals surface area contributed by atoms with Crippen molar-refractivity contribution in [2.75, 3.05) is 5.75 Å². The predicted molar refractivity (Wildman–Crippen MR) is 44.0 cm³/mol. The Morgan fingerprint density at radius 2 is 2.40 bits per heavy atom. The number of aliphatic carboxylic acids is 1. The van der Waals surface area contributed by atoms with E-state index < -0.39 is 5.97 Å². The van der Waals surface area contributed by atoms with E-state index in [-0.39, 0.29) is 0 Å². The molecule has 0 saturated carbocycles. The molecule has 56 valence electrons. The molecule has 0 radical (unpaired) electrons. The molecule has 1 N–H and O–H groups in total. The van der Waals surface area contributed by atoms with E-state index >= 15 is 0 Å². The maximum absolute atomic E-state index is 9.25. The lowest BCUT2D eigenvalue weighted by atomic mass is 10.5. The fraction of sp³-hybridized carbons (Fsp3) is 0.286. The zero-order valence-electron chi connectivity index (χ0n) is 5.62. The number of rotatable bonds is 1. The Kier molecular flexibility index (Phi) is 5.97. The third kappa shape index (κ3) is 7.30. The van der Waals surface area contributed by atoms with Crippen molar-refractivity contribution in [3.05, 3.63) is 24.1 Å². The van der Waals surface area contributed by atoms with Crippen molar-refractivity contribution in [3.8, 4) is 0 Å². The average molecular weight is 158 g/mol. The molecule has 2 nitrogen and oxygen atoms in total. The van der Waals surface area contributed by atoms with Crippen LogP contribution in [-0.2, 0) is 4.79 Å². The Balaban J connectivity index is 0.000000162. The van der Waals surface area contributed by atoms with Crippen LogP contribution < -0.4 is 0 Å². The SMILES string of the molecule is C1=CSCC1.C=CC(=O)O. The van der Waals surface area contributed by atoms with Crippen molar-refractivity contribution in [1.82, 2.24) is 0 Å². The van der Waals surface area contributed by atoms with Gasteiger partial charge in [-0.3, -0.25) is 0 Å². The minimum absolute atomic E-state index is 0.833. The molecule has 0 aliphatic carbocycles. The number of hydrogen-bond acceptors (Lipinski definition) is 2. The van der Waals surface area contributed by atoms with Crippen molar-refractivity contribution < 1.29 is 9.90 Å². The maximum atomic E-state index is 9.25. The minimum atomic E-state index is -0.981. The van der Waals surface area contributed by atoms with Crippen LogP contribution in [0.25, 0.3) is 0 Å². The molecule has 0 amide bonds. The van der Waals surface area contributed by atoms with Crippen molar-refractivity contribution in [2.24, 2.45) is 0 Å². The van der Waals surface area contributed by atoms with Crippen LogP contribution >= 0.6 is 11.8 Å². The quantitative estimate of drug-likeness (QED) is 0.592. The topological polar surface area (TPSA) is 37.3 Å². The molecule has 1 rings (SSSR count). The van der Waals surface area contributed by atoms with E-state index in [0.717, 1.165) is 6.08 Å². The van der Waals surface area contributed by atoms with E-state index in [1.165, 1.54) is 12.2 Å². The number of hydrogen-bond donors (Lipinski definition) is 1. The van der Waals surface area contributed by atoms with Crippen LogP contribution in [0, 0.1) is 0 Å². The molecule has 3 heteroatoms. The largest absolute Gasteiger partial charge is 0.478 e. The number of thioether (sulfide) groups is 1. The van der Waals surface area contributed by atoms with E-state index in [4.69, 9.17) is 5.11 Å². The first kappa shape index (κ1) is 9.30. The van der Waals surface area contributed by atoms with Crippen LogP contribution in [0.2, 0.25) is 0 Å². The Labute approximate surface area is 64.6 Å². The molecule has 0 bridgehead atoms. The molecule has 1 aliphatic rings. The summed E-state index contributed by atoms with van der Waals surface area (Å²) in [5.41, 5.74) is 0. The molecular formula is C7H10O2S. The standard InChI is InChI=1S/C4H6S.C3H4O2/c1-2-4-5-3-1;1-2-3(4)5/h1,3H,2,4H2;2H,1H2,(H,4,5). The van der Waals surface area contributed by atoms with Crippen LogP contribution in [0.5, 0.6) is 0 Å². The predicted octanol–water partition coefficient (Wildman–Crippen LogP) is 1.89. The van der Waals surface area contributed by atoms with Gasteiger partial charge in [0.2, 0.25) is 0 Å². The van der Waals surface area contributed by atoms with Gasteiger partial charge < -0.3 is 5.11 Å². The van der Waals surface area contributed by atoms with Gasteiger partial charge in [0.05, 0.1) is 0 Å². The molecule has 0 fully saturated rings. The van der Waals surface area contributed by atoms with Gasteiger partial charge in [0.25, 0.3) is 0 Å². The van der Waals surface area contributed by atoms with Crippen LogP contribution in [0.1, 0.15) is 6.42 Å². The zero-order chi connectivity index (χ0) is 7.82. The first-order valence-corrected chi connectivity index (χ1v) is 3.94. The van der Waals surface area contributed by atoms with Gasteiger partial charge in [0.15, 0.2) is 0 Å². The van der Waals surface area contributed by atoms with Crippen LogP contribution in [0.3, 0.4) is 0 Å². The molecule has 1 aliphatic heterocycles. The first-order chi connectivity index (χ1) is 4.77. The van der Waals surface area contributed by atoms with Crippen molar-refractivity contribution in [3.63, 3.8) is 0 Å². The Morgan fingerprint density at radius 3 is 2.50 bits per heavy atom. The Bertz CT molecular complexity index is 135. The highest BCUT2D eigenvalue weighted by Crippen LogP contribution is 2.11. The summed E-state index contributed by atoms with van der Waals surface area (Å²) in [7, 11) is 0. The summed E-state index contributed by atoms with van der Waals surface area (Å²) in [4.78, 5) is 9.25. The number of carbonyl (C=O) groups is 1. The molecule has 0 atom stereocenters. The zero-order valence-corrected chi connectivity index (χ0v) is 6.43. The lowest BCUT2D eigenvalue weighted by Crippen LogP contribution is -1.82. The van der Waals surface area contributed by atoms with Gasteiger partial charge >= 0.3 is 5.97 Å². The van der Waals surface area contributed by atoms with Crippen LogP contribution in [-0.4, -0.2) is 16.8 Å². The molecule has 0 aromatic carbocycles. The smallest absolute Gasteiger partial charge is 0.327 e. The van der Waals surface area contributed by atoms with Crippen LogP contribution in [0.4, 0.5) is 0 Å². The number of carboxylic acid groups (broad SMARTS) is 1. The lowest BCUT2D eigenvalue weighted by Gasteiger charge is -1.69. The van der Waals surface area contributed by atoms with E-state index in [1.807, 2.05) is 11.8 Å². The van der Waals surface area contributed by atoms with Gasteiger partial charge in [0.1, 0.15) is 0 Å². The second-order valence-corrected chi connectivity index (χ2v) is 2.59. The Morgan fingerprint density at radius 1 is 1.80 bits per heavy atom. The van der Waals surface area contributed by atoms with Gasteiger partial charge in [-0.05, 0) is 11.8 Å². The van der Waals surface area contributed by atoms with Crippen LogP contribution in [0.15, 0.2) is 24.1 Å². The molecule has 10 heavy (non-hydrogen) atoms. The molecule has 0 spiro atoms. The van der Waals surface area contributed by atoms with E-state index in [1.54, 1.807) is 0 Å². The minimum Gasteiger partial charge on any atom is -0.478 e. The fourth-order valence-corrected chi connectivity index (χ4v) is 1.02. The third-order valence-corrected chi connectivity index (χ3v) is 1.63. The highest BCUT2D eigenvalue weighted by atomic mass is 32.2. The molecular weight excluding hydrogens is 148 g/mol. The molecule has 0 aromatic rings. The highest BCUT2D eigenvalue weighted by Gasteiger charge is 1.85. The fourth-order valence-electron chi connectivity index (χ4n) is 0.340.